The second kappa shape index (κ2) is 5.95. The minimum atomic E-state index is -1.23. The lowest BCUT2D eigenvalue weighted by Crippen LogP contribution is -2.42. The topological polar surface area (TPSA) is 122 Å². The number of carbonyl (C=O) groups is 2. The van der Waals surface area contributed by atoms with Crippen LogP contribution in [0.25, 0.3) is 0 Å². The van der Waals surface area contributed by atoms with E-state index in [0.717, 1.165) is 0 Å². The van der Waals surface area contributed by atoms with Gasteiger partial charge in [0, 0.05) is 18.0 Å². The van der Waals surface area contributed by atoms with Crippen LogP contribution in [0.2, 0.25) is 0 Å². The first kappa shape index (κ1) is 16.0. The fourth-order valence-electron chi connectivity index (χ4n) is 3.61. The Hall–Kier alpha value is -2.90. The average molecular weight is 331 g/mol. The van der Waals surface area contributed by atoms with Crippen molar-refractivity contribution in [3.8, 4) is 5.75 Å². The smallest absolute Gasteiger partial charge is 0.273 e. The molecular weight excluding hydrogens is 316 g/mol. The van der Waals surface area contributed by atoms with E-state index < -0.39 is 28.6 Å². The van der Waals surface area contributed by atoms with Gasteiger partial charge in [0.15, 0.2) is 0 Å². The van der Waals surface area contributed by atoms with Gasteiger partial charge in [-0.25, -0.2) is 0 Å². The number of nitro benzene ring substituents is 1. The van der Waals surface area contributed by atoms with E-state index in [-0.39, 0.29) is 29.0 Å². The molecule has 0 saturated heterocycles. The van der Waals surface area contributed by atoms with Gasteiger partial charge < -0.3 is 20.0 Å². The van der Waals surface area contributed by atoms with Crippen LogP contribution in [-0.4, -0.2) is 23.9 Å². The standard InChI is InChI=1S/C16H16N2O6/c1-24-12-7-10(18(22)23)4-5-11(12)17-15(19)13-8-2-3-9(6-8)14(13)16(20)21/h2-5,7-9,13-14H,6H2,1H3,(H,17,19)(H,20,21)/p-1/t8-,9+,13-,14+/m1/s1. The Morgan fingerprint density at radius 3 is 2.50 bits per heavy atom. The molecule has 2 aliphatic carbocycles. The predicted molar refractivity (Wildman–Crippen MR) is 81.0 cm³/mol. The number of rotatable bonds is 5. The molecule has 1 amide bonds. The highest BCUT2D eigenvalue weighted by Gasteiger charge is 2.48. The number of fused-ring (bicyclic) bond motifs is 2. The molecule has 24 heavy (non-hydrogen) atoms. The molecule has 8 heteroatoms. The average Bonchev–Trinajstić information content (AvgIpc) is 3.15. The lowest BCUT2D eigenvalue weighted by molar-refractivity contribution is -0.384. The third kappa shape index (κ3) is 2.60. The molecule has 1 aromatic carbocycles. The summed E-state index contributed by atoms with van der Waals surface area (Å²) in [6.45, 7) is 0. The molecule has 2 bridgehead atoms. The summed E-state index contributed by atoms with van der Waals surface area (Å²) in [6, 6.07) is 3.81. The summed E-state index contributed by atoms with van der Waals surface area (Å²) >= 11 is 0. The number of carbonyl (C=O) groups excluding carboxylic acids is 2. The van der Waals surface area contributed by atoms with Crippen LogP contribution in [0.5, 0.6) is 5.75 Å². The third-order valence-corrected chi connectivity index (χ3v) is 4.69. The number of aliphatic carboxylic acids is 1. The summed E-state index contributed by atoms with van der Waals surface area (Å²) in [5.41, 5.74) is 0.0947. The summed E-state index contributed by atoms with van der Waals surface area (Å²) in [6.07, 6.45) is 4.30. The zero-order chi connectivity index (χ0) is 17.4. The van der Waals surface area contributed by atoms with Crippen molar-refractivity contribution in [2.24, 2.45) is 23.7 Å². The van der Waals surface area contributed by atoms with E-state index >= 15 is 0 Å². The number of allylic oxidation sites excluding steroid dienone is 2. The zero-order valence-electron chi connectivity index (χ0n) is 12.8. The van der Waals surface area contributed by atoms with Gasteiger partial charge in [-0.15, -0.1) is 0 Å². The van der Waals surface area contributed by atoms with Crippen LogP contribution in [-0.2, 0) is 9.59 Å². The molecular formula is C16H15N2O6-. The van der Waals surface area contributed by atoms with Crippen molar-refractivity contribution in [3.05, 3.63) is 40.5 Å². The highest BCUT2D eigenvalue weighted by Crippen LogP contribution is 2.48. The van der Waals surface area contributed by atoms with Gasteiger partial charge in [0.05, 0.1) is 29.7 Å². The van der Waals surface area contributed by atoms with Crippen molar-refractivity contribution in [1.82, 2.24) is 0 Å². The van der Waals surface area contributed by atoms with Crippen LogP contribution in [0.1, 0.15) is 6.42 Å². The van der Waals surface area contributed by atoms with Crippen molar-refractivity contribution >= 4 is 23.3 Å². The van der Waals surface area contributed by atoms with Gasteiger partial charge in [0.1, 0.15) is 5.75 Å². The molecule has 1 fully saturated rings. The number of hydrogen-bond acceptors (Lipinski definition) is 6. The number of carboxylic acids is 1. The number of amides is 1. The summed E-state index contributed by atoms with van der Waals surface area (Å²) in [4.78, 5) is 34.2. The molecule has 1 saturated carbocycles. The summed E-state index contributed by atoms with van der Waals surface area (Å²) < 4.78 is 5.07. The van der Waals surface area contributed by atoms with Gasteiger partial charge in [-0.2, -0.15) is 0 Å². The number of hydrogen-bond donors (Lipinski definition) is 1. The molecule has 0 aromatic heterocycles. The summed E-state index contributed by atoms with van der Waals surface area (Å²) in [5, 5.41) is 24.8. The minimum absolute atomic E-state index is 0.137. The van der Waals surface area contributed by atoms with Gasteiger partial charge in [0.2, 0.25) is 5.91 Å². The first-order valence-electron chi connectivity index (χ1n) is 7.45. The molecule has 1 N–H and O–H groups in total. The Kier molecular flexibility index (Phi) is 3.96. The van der Waals surface area contributed by atoms with Crippen molar-refractivity contribution in [2.75, 3.05) is 12.4 Å². The fraction of sp³-hybridized carbons (Fsp3) is 0.375. The molecule has 1 aromatic rings. The predicted octanol–water partition coefficient (Wildman–Crippen LogP) is 0.730. The van der Waals surface area contributed by atoms with Crippen LogP contribution >= 0.6 is 0 Å². The Bertz CT molecular complexity index is 744. The van der Waals surface area contributed by atoms with E-state index in [1.54, 1.807) is 0 Å². The van der Waals surface area contributed by atoms with Crippen LogP contribution in [0.4, 0.5) is 11.4 Å². The number of carboxylic acid groups (broad SMARTS) is 1. The number of methoxy groups -OCH3 is 1. The van der Waals surface area contributed by atoms with Crippen LogP contribution in [0, 0.1) is 33.8 Å². The molecule has 0 radical (unpaired) electrons. The Morgan fingerprint density at radius 1 is 1.25 bits per heavy atom. The van der Waals surface area contributed by atoms with Crippen molar-refractivity contribution in [2.45, 2.75) is 6.42 Å². The van der Waals surface area contributed by atoms with E-state index in [1.165, 1.54) is 25.3 Å². The highest BCUT2D eigenvalue weighted by atomic mass is 16.6. The lowest BCUT2D eigenvalue weighted by Gasteiger charge is -2.28. The molecule has 126 valence electrons. The number of non-ortho nitro benzene ring substituents is 1. The van der Waals surface area contributed by atoms with Gasteiger partial charge in [-0.3, -0.25) is 14.9 Å². The maximum absolute atomic E-state index is 12.6. The summed E-state index contributed by atoms with van der Waals surface area (Å²) in [5.74, 6) is -3.44. The molecule has 3 rings (SSSR count). The monoisotopic (exact) mass is 331 g/mol. The van der Waals surface area contributed by atoms with E-state index in [1.807, 2.05) is 12.2 Å². The van der Waals surface area contributed by atoms with E-state index in [0.29, 0.717) is 6.42 Å². The Labute approximate surface area is 137 Å². The van der Waals surface area contributed by atoms with Crippen LogP contribution < -0.4 is 15.2 Å². The first-order chi connectivity index (χ1) is 11.4. The highest BCUT2D eigenvalue weighted by molar-refractivity contribution is 5.97. The molecule has 0 heterocycles. The zero-order valence-corrected chi connectivity index (χ0v) is 12.8. The lowest BCUT2D eigenvalue weighted by atomic mass is 9.82. The van der Waals surface area contributed by atoms with Gasteiger partial charge in [0.25, 0.3) is 5.69 Å². The molecule has 8 nitrogen and oxygen atoms in total. The van der Waals surface area contributed by atoms with Crippen LogP contribution in [0.15, 0.2) is 30.4 Å². The van der Waals surface area contributed by atoms with Crippen molar-refractivity contribution in [1.29, 1.82) is 0 Å². The van der Waals surface area contributed by atoms with Crippen LogP contribution in [0.3, 0.4) is 0 Å². The van der Waals surface area contributed by atoms with Gasteiger partial charge >= 0.3 is 0 Å². The quantitative estimate of drug-likeness (QED) is 0.482. The Balaban J connectivity index is 1.83. The van der Waals surface area contributed by atoms with E-state index in [2.05, 4.69) is 5.32 Å². The second-order valence-corrected chi connectivity index (χ2v) is 5.95. The SMILES string of the molecule is COc1cc([N+](=O)[O-])ccc1NC(=O)[C@H]1[C@@H](C(=O)[O-])[C@H]2C=C[C@@H]1C2. The minimum Gasteiger partial charge on any atom is -0.550 e. The van der Waals surface area contributed by atoms with Crippen molar-refractivity contribution < 1.29 is 24.4 Å². The van der Waals surface area contributed by atoms with Gasteiger partial charge in [-0.05, 0) is 24.3 Å². The second-order valence-electron chi connectivity index (χ2n) is 5.95. The first-order valence-corrected chi connectivity index (χ1v) is 7.45. The summed E-state index contributed by atoms with van der Waals surface area (Å²) in [7, 11) is 1.33. The number of nitrogens with one attached hydrogen (secondary N) is 1. The van der Waals surface area contributed by atoms with E-state index in [9.17, 15) is 24.8 Å². The number of benzene rings is 1. The molecule has 0 spiro atoms. The molecule has 0 unspecified atom stereocenters. The molecule has 4 atom stereocenters. The molecule has 2 aliphatic rings. The fourth-order valence-corrected chi connectivity index (χ4v) is 3.61. The number of nitro groups is 1. The number of anilines is 1. The maximum Gasteiger partial charge on any atom is 0.273 e. The number of ether oxygens (including phenoxy) is 1. The van der Waals surface area contributed by atoms with Crippen molar-refractivity contribution in [3.63, 3.8) is 0 Å². The van der Waals surface area contributed by atoms with Gasteiger partial charge in [-0.1, -0.05) is 12.2 Å². The maximum atomic E-state index is 12.6. The number of nitrogens with zero attached hydrogens (tertiary/aromatic N) is 1. The third-order valence-electron chi connectivity index (χ3n) is 4.69. The normalized spacial score (nSPS) is 27.0. The largest absolute Gasteiger partial charge is 0.550 e. The van der Waals surface area contributed by atoms with E-state index in [4.69, 9.17) is 4.74 Å². The Morgan fingerprint density at radius 2 is 1.92 bits per heavy atom. The molecule has 0 aliphatic heterocycles.